The van der Waals surface area contributed by atoms with Crippen LogP contribution in [-0.4, -0.2) is 19.0 Å². The summed E-state index contributed by atoms with van der Waals surface area (Å²) in [7, 11) is 0. The zero-order valence-corrected chi connectivity index (χ0v) is 10.7. The Morgan fingerprint density at radius 1 is 1.63 bits per heavy atom. The average Bonchev–Trinajstić information content (AvgIpc) is 2.78. The predicted octanol–water partition coefficient (Wildman–Crippen LogP) is 2.87. The molecule has 96 valence electrons. The molecular weight excluding hydrogens is 266 g/mol. The first-order valence-electron chi connectivity index (χ1n) is 5.66. The van der Waals surface area contributed by atoms with E-state index in [0.717, 1.165) is 0 Å². The van der Waals surface area contributed by atoms with E-state index in [4.69, 9.17) is 22.4 Å². The number of rotatable bonds is 3. The third-order valence-corrected chi connectivity index (χ3v) is 3.29. The van der Waals surface area contributed by atoms with Crippen molar-refractivity contribution in [2.24, 2.45) is 11.0 Å². The Morgan fingerprint density at radius 3 is 3.11 bits per heavy atom. The smallest absolute Gasteiger partial charge is 0.227 e. The Labute approximate surface area is 114 Å². The van der Waals surface area contributed by atoms with E-state index in [-0.39, 0.29) is 18.4 Å². The van der Waals surface area contributed by atoms with E-state index in [0.29, 0.717) is 29.2 Å². The van der Waals surface area contributed by atoms with Crippen molar-refractivity contribution in [2.75, 3.05) is 18.0 Å². The van der Waals surface area contributed by atoms with Crippen LogP contribution < -0.4 is 4.90 Å². The lowest BCUT2D eigenvalue weighted by Crippen LogP contribution is -2.25. The Bertz CT molecular complexity index is 603. The summed E-state index contributed by atoms with van der Waals surface area (Å²) in [6, 6.07) is 6.81. The van der Waals surface area contributed by atoms with Crippen LogP contribution in [0.15, 0.2) is 23.3 Å². The molecule has 2 rings (SSSR count). The van der Waals surface area contributed by atoms with Crippen LogP contribution in [-0.2, 0) is 4.79 Å². The Hall–Kier alpha value is -2.22. The highest BCUT2D eigenvalue weighted by Gasteiger charge is 2.31. The van der Waals surface area contributed by atoms with Crippen molar-refractivity contribution in [2.45, 2.75) is 6.42 Å². The molecule has 1 aliphatic heterocycles. The van der Waals surface area contributed by atoms with Gasteiger partial charge in [0, 0.05) is 24.4 Å². The molecule has 1 aromatic rings. The van der Waals surface area contributed by atoms with Crippen LogP contribution in [0.3, 0.4) is 0 Å². The molecule has 0 aromatic heterocycles. The topological polar surface area (TPSA) is 92.9 Å². The summed E-state index contributed by atoms with van der Waals surface area (Å²) < 4.78 is 0. The molecule has 1 unspecified atom stereocenters. The van der Waals surface area contributed by atoms with Gasteiger partial charge in [-0.1, -0.05) is 16.7 Å². The van der Waals surface area contributed by atoms with Gasteiger partial charge in [0.2, 0.25) is 5.91 Å². The number of hydrogen-bond donors (Lipinski definition) is 0. The molecule has 7 heteroatoms. The second-order valence-corrected chi connectivity index (χ2v) is 4.67. The van der Waals surface area contributed by atoms with Gasteiger partial charge in [-0.3, -0.25) is 4.79 Å². The number of azide groups is 1. The van der Waals surface area contributed by atoms with Crippen LogP contribution >= 0.6 is 11.6 Å². The molecule has 1 amide bonds. The van der Waals surface area contributed by atoms with E-state index in [1.165, 1.54) is 0 Å². The van der Waals surface area contributed by atoms with Gasteiger partial charge in [-0.2, -0.15) is 5.26 Å². The molecule has 1 atom stereocenters. The van der Waals surface area contributed by atoms with E-state index in [1.54, 1.807) is 23.1 Å². The number of carbonyl (C=O) groups is 1. The van der Waals surface area contributed by atoms with Crippen molar-refractivity contribution in [1.82, 2.24) is 0 Å². The van der Waals surface area contributed by atoms with Gasteiger partial charge < -0.3 is 4.90 Å². The summed E-state index contributed by atoms with van der Waals surface area (Å²) in [6.07, 6.45) is 0.326. The average molecular weight is 276 g/mol. The lowest BCUT2D eigenvalue weighted by molar-refractivity contribution is -0.117. The molecule has 0 radical (unpaired) electrons. The van der Waals surface area contributed by atoms with Gasteiger partial charge >= 0.3 is 0 Å². The summed E-state index contributed by atoms with van der Waals surface area (Å²) >= 11 is 6.07. The van der Waals surface area contributed by atoms with Gasteiger partial charge in [-0.25, -0.2) is 0 Å². The van der Waals surface area contributed by atoms with E-state index < -0.39 is 0 Å². The van der Waals surface area contributed by atoms with E-state index in [9.17, 15) is 4.79 Å². The van der Waals surface area contributed by atoms with Crippen LogP contribution in [0.5, 0.6) is 0 Å². The lowest BCUT2D eigenvalue weighted by atomic mass is 10.1. The fourth-order valence-electron chi connectivity index (χ4n) is 2.08. The van der Waals surface area contributed by atoms with Gasteiger partial charge in [0.1, 0.15) is 0 Å². The molecule has 0 N–H and O–H groups in total. The molecule has 6 nitrogen and oxygen atoms in total. The van der Waals surface area contributed by atoms with Gasteiger partial charge in [-0.05, 0) is 29.6 Å². The highest BCUT2D eigenvalue weighted by molar-refractivity contribution is 6.33. The number of benzene rings is 1. The van der Waals surface area contributed by atoms with Gasteiger partial charge in [0.15, 0.2) is 0 Å². The Balaban J connectivity index is 2.25. The summed E-state index contributed by atoms with van der Waals surface area (Å²) in [5.41, 5.74) is 9.28. The zero-order valence-electron chi connectivity index (χ0n) is 9.95. The molecule has 1 aliphatic rings. The van der Waals surface area contributed by atoms with Crippen LogP contribution in [0.4, 0.5) is 5.69 Å². The molecule has 0 spiro atoms. The first kappa shape index (κ1) is 13.2. The number of amides is 1. The normalized spacial score (nSPS) is 18.0. The SMILES string of the molecule is N#Cc1ccc(Cl)c(N2CC(CN=[N+]=[N-])CC2=O)c1. The Morgan fingerprint density at radius 2 is 2.42 bits per heavy atom. The highest BCUT2D eigenvalue weighted by atomic mass is 35.5. The summed E-state index contributed by atoms with van der Waals surface area (Å²) in [6.45, 7) is 0.737. The van der Waals surface area contributed by atoms with Crippen molar-refractivity contribution >= 4 is 23.2 Å². The summed E-state index contributed by atoms with van der Waals surface area (Å²) in [5.74, 6) is -0.0830. The Kier molecular flexibility index (Phi) is 3.91. The van der Waals surface area contributed by atoms with Crippen molar-refractivity contribution < 1.29 is 4.79 Å². The number of halogens is 1. The van der Waals surface area contributed by atoms with Crippen molar-refractivity contribution in [3.05, 3.63) is 39.2 Å². The van der Waals surface area contributed by atoms with Crippen LogP contribution in [0.25, 0.3) is 10.4 Å². The van der Waals surface area contributed by atoms with Crippen LogP contribution in [0.1, 0.15) is 12.0 Å². The second kappa shape index (κ2) is 5.61. The fourth-order valence-corrected chi connectivity index (χ4v) is 2.30. The maximum Gasteiger partial charge on any atom is 0.227 e. The van der Waals surface area contributed by atoms with Crippen molar-refractivity contribution in [1.29, 1.82) is 5.26 Å². The number of nitriles is 1. The van der Waals surface area contributed by atoms with Gasteiger partial charge in [-0.15, -0.1) is 0 Å². The third-order valence-electron chi connectivity index (χ3n) is 2.97. The molecule has 0 bridgehead atoms. The third kappa shape index (κ3) is 2.79. The molecule has 1 heterocycles. The minimum Gasteiger partial charge on any atom is -0.311 e. The summed E-state index contributed by atoms with van der Waals surface area (Å²) in [4.78, 5) is 16.2. The minimum atomic E-state index is -0.0740. The van der Waals surface area contributed by atoms with Crippen molar-refractivity contribution in [3.63, 3.8) is 0 Å². The number of nitrogens with zero attached hydrogens (tertiary/aromatic N) is 5. The lowest BCUT2D eigenvalue weighted by Gasteiger charge is -2.18. The van der Waals surface area contributed by atoms with E-state index >= 15 is 0 Å². The largest absolute Gasteiger partial charge is 0.311 e. The van der Waals surface area contributed by atoms with Gasteiger partial charge in [0.05, 0.1) is 22.3 Å². The zero-order chi connectivity index (χ0) is 13.8. The van der Waals surface area contributed by atoms with E-state index in [1.807, 2.05) is 6.07 Å². The standard InChI is InChI=1S/C12H10ClN5O/c13-10-2-1-8(5-14)3-11(10)18-7-9(4-12(18)19)6-16-17-15/h1-3,9H,4,6-7H2. The molecule has 1 saturated heterocycles. The van der Waals surface area contributed by atoms with Crippen molar-refractivity contribution in [3.8, 4) is 6.07 Å². The van der Waals surface area contributed by atoms with E-state index in [2.05, 4.69) is 10.0 Å². The molecule has 1 fully saturated rings. The molecular formula is C12H10ClN5O. The summed E-state index contributed by atoms with van der Waals surface area (Å²) in [5, 5.41) is 12.8. The van der Waals surface area contributed by atoms with Gasteiger partial charge in [0.25, 0.3) is 0 Å². The molecule has 0 saturated carbocycles. The number of anilines is 1. The highest BCUT2D eigenvalue weighted by Crippen LogP contribution is 2.32. The maximum absolute atomic E-state index is 11.9. The quantitative estimate of drug-likeness (QED) is 0.482. The molecule has 1 aromatic carbocycles. The molecule has 19 heavy (non-hydrogen) atoms. The maximum atomic E-state index is 11.9. The first-order valence-corrected chi connectivity index (χ1v) is 6.04. The fraction of sp³-hybridized carbons (Fsp3) is 0.333. The monoisotopic (exact) mass is 275 g/mol. The minimum absolute atomic E-state index is 0.00907. The number of carbonyl (C=O) groups excluding carboxylic acids is 1. The second-order valence-electron chi connectivity index (χ2n) is 4.27. The molecule has 0 aliphatic carbocycles. The predicted molar refractivity (Wildman–Crippen MR) is 70.6 cm³/mol. The van der Waals surface area contributed by atoms with Crippen LogP contribution in [0.2, 0.25) is 5.02 Å². The first-order chi connectivity index (χ1) is 9.15. The van der Waals surface area contributed by atoms with Crippen LogP contribution in [0, 0.1) is 17.2 Å². The number of hydrogen-bond acceptors (Lipinski definition) is 3.